The molecule has 1 aliphatic rings. The summed E-state index contributed by atoms with van der Waals surface area (Å²) in [6.45, 7) is 6.07. The Balaban J connectivity index is 1.75. The van der Waals surface area contributed by atoms with E-state index in [2.05, 4.69) is 0 Å². The smallest absolute Gasteiger partial charge is 0.336 e. The summed E-state index contributed by atoms with van der Waals surface area (Å²) < 4.78 is 10.9. The van der Waals surface area contributed by atoms with E-state index in [9.17, 15) is 9.59 Å². The third-order valence-corrected chi connectivity index (χ3v) is 4.52. The highest BCUT2D eigenvalue weighted by atomic mass is 16.5. The molecule has 0 aliphatic carbocycles. The molecule has 5 heteroatoms. The number of piperidine rings is 1. The molecule has 1 fully saturated rings. The number of aryl methyl sites for hydroxylation is 1. The van der Waals surface area contributed by atoms with Crippen LogP contribution in [0.25, 0.3) is 11.0 Å². The Morgan fingerprint density at radius 1 is 1.29 bits per heavy atom. The summed E-state index contributed by atoms with van der Waals surface area (Å²) in [5.74, 6) is 0.0532. The monoisotopic (exact) mass is 329 g/mol. The zero-order chi connectivity index (χ0) is 17.1. The van der Waals surface area contributed by atoms with Crippen molar-refractivity contribution in [1.29, 1.82) is 0 Å². The normalized spacial score (nSPS) is 15.8. The fourth-order valence-corrected chi connectivity index (χ4v) is 3.27. The van der Waals surface area contributed by atoms with Crippen LogP contribution < -0.4 is 5.63 Å². The topological polar surface area (TPSA) is 59.8 Å². The van der Waals surface area contributed by atoms with Gasteiger partial charge in [0.05, 0.1) is 12.5 Å². The van der Waals surface area contributed by atoms with Gasteiger partial charge in [0, 0.05) is 31.1 Å². The van der Waals surface area contributed by atoms with Crippen LogP contribution >= 0.6 is 0 Å². The third-order valence-electron chi connectivity index (χ3n) is 4.52. The molecule has 1 amide bonds. The molecule has 0 radical (unpaired) electrons. The van der Waals surface area contributed by atoms with Crippen LogP contribution in [0.4, 0.5) is 0 Å². The van der Waals surface area contributed by atoms with Gasteiger partial charge in [0.1, 0.15) is 5.58 Å². The van der Waals surface area contributed by atoms with Gasteiger partial charge in [0.25, 0.3) is 0 Å². The average molecular weight is 329 g/mol. The maximum Gasteiger partial charge on any atom is 0.336 e. The van der Waals surface area contributed by atoms with E-state index in [1.807, 2.05) is 36.9 Å². The molecule has 5 nitrogen and oxygen atoms in total. The van der Waals surface area contributed by atoms with Gasteiger partial charge in [-0.2, -0.15) is 0 Å². The first-order valence-corrected chi connectivity index (χ1v) is 8.49. The zero-order valence-corrected chi connectivity index (χ0v) is 14.2. The van der Waals surface area contributed by atoms with Crippen LogP contribution in [0.3, 0.4) is 0 Å². The molecule has 0 atom stereocenters. The predicted octanol–water partition coefficient (Wildman–Crippen LogP) is 2.67. The van der Waals surface area contributed by atoms with Crippen molar-refractivity contribution < 1.29 is 13.9 Å². The molecule has 1 saturated heterocycles. The minimum atomic E-state index is -0.411. The molecule has 1 aromatic heterocycles. The summed E-state index contributed by atoms with van der Waals surface area (Å²) in [4.78, 5) is 26.3. The lowest BCUT2D eigenvalue weighted by Crippen LogP contribution is -2.41. The molecule has 128 valence electrons. The number of carbonyl (C=O) groups is 1. The minimum Gasteiger partial charge on any atom is -0.423 e. The molecule has 0 saturated carbocycles. The van der Waals surface area contributed by atoms with Gasteiger partial charge in [-0.15, -0.1) is 0 Å². The molecule has 2 aromatic rings. The summed E-state index contributed by atoms with van der Waals surface area (Å²) >= 11 is 0. The molecule has 0 unspecified atom stereocenters. The van der Waals surface area contributed by atoms with Gasteiger partial charge in [-0.05, 0) is 43.9 Å². The van der Waals surface area contributed by atoms with Gasteiger partial charge in [-0.3, -0.25) is 4.79 Å². The number of nitrogens with zero attached hydrogens (tertiary/aromatic N) is 1. The number of hydrogen-bond donors (Lipinski definition) is 0. The van der Waals surface area contributed by atoms with Crippen molar-refractivity contribution in [3.63, 3.8) is 0 Å². The van der Waals surface area contributed by atoms with Crippen LogP contribution in [0.1, 0.15) is 30.9 Å². The number of ether oxygens (including phenoxy) is 1. The SMILES string of the molecule is CCOC1CCN(C(=O)Cc2cc(=O)oc3cc(C)ccc23)CC1. The standard InChI is InChI=1S/C19H23NO4/c1-3-23-15-6-8-20(9-7-15)18(21)11-14-12-19(22)24-17-10-13(2)4-5-16(14)17/h4-5,10,12,15H,3,6-9,11H2,1-2H3. The molecule has 0 spiro atoms. The second-order valence-corrected chi connectivity index (χ2v) is 6.30. The van der Waals surface area contributed by atoms with E-state index >= 15 is 0 Å². The number of carbonyl (C=O) groups excluding carboxylic acids is 1. The summed E-state index contributed by atoms with van der Waals surface area (Å²) in [5.41, 5.74) is 1.89. The Morgan fingerprint density at radius 2 is 2.04 bits per heavy atom. The quantitative estimate of drug-likeness (QED) is 0.809. The molecule has 24 heavy (non-hydrogen) atoms. The predicted molar refractivity (Wildman–Crippen MR) is 92.2 cm³/mol. The largest absolute Gasteiger partial charge is 0.423 e. The number of amides is 1. The number of benzene rings is 1. The Labute approximate surface area is 141 Å². The van der Waals surface area contributed by atoms with Crippen LogP contribution in [-0.4, -0.2) is 36.6 Å². The van der Waals surface area contributed by atoms with Gasteiger partial charge >= 0.3 is 5.63 Å². The zero-order valence-electron chi connectivity index (χ0n) is 14.2. The second-order valence-electron chi connectivity index (χ2n) is 6.30. The molecule has 1 aromatic carbocycles. The van der Waals surface area contributed by atoms with Gasteiger partial charge < -0.3 is 14.1 Å². The fraction of sp³-hybridized carbons (Fsp3) is 0.474. The summed E-state index contributed by atoms with van der Waals surface area (Å²) in [6, 6.07) is 7.14. The first-order valence-electron chi connectivity index (χ1n) is 8.49. The van der Waals surface area contributed by atoms with Crippen molar-refractivity contribution in [3.8, 4) is 0 Å². The first kappa shape index (κ1) is 16.7. The number of fused-ring (bicyclic) bond motifs is 1. The number of hydrogen-bond acceptors (Lipinski definition) is 4. The summed E-state index contributed by atoms with van der Waals surface area (Å²) in [5, 5.41) is 0.831. The van der Waals surface area contributed by atoms with Crippen molar-refractivity contribution in [2.75, 3.05) is 19.7 Å². The van der Waals surface area contributed by atoms with Crippen molar-refractivity contribution in [3.05, 3.63) is 45.8 Å². The lowest BCUT2D eigenvalue weighted by atomic mass is 10.0. The van der Waals surface area contributed by atoms with Crippen molar-refractivity contribution >= 4 is 16.9 Å². The van der Waals surface area contributed by atoms with Crippen LogP contribution in [0.2, 0.25) is 0 Å². The van der Waals surface area contributed by atoms with Gasteiger partial charge in [-0.1, -0.05) is 12.1 Å². The highest BCUT2D eigenvalue weighted by Crippen LogP contribution is 2.21. The van der Waals surface area contributed by atoms with Crippen LogP contribution in [0.15, 0.2) is 33.5 Å². The Morgan fingerprint density at radius 3 is 2.75 bits per heavy atom. The van der Waals surface area contributed by atoms with E-state index < -0.39 is 5.63 Å². The summed E-state index contributed by atoms with van der Waals surface area (Å²) in [7, 11) is 0. The molecule has 2 heterocycles. The fourth-order valence-electron chi connectivity index (χ4n) is 3.27. The Kier molecular flexibility index (Phi) is 5.00. The van der Waals surface area contributed by atoms with Crippen molar-refractivity contribution in [2.24, 2.45) is 0 Å². The van der Waals surface area contributed by atoms with Crippen molar-refractivity contribution in [1.82, 2.24) is 4.90 Å². The van der Waals surface area contributed by atoms with Gasteiger partial charge in [0.15, 0.2) is 0 Å². The lowest BCUT2D eigenvalue weighted by molar-refractivity contribution is -0.133. The van der Waals surface area contributed by atoms with E-state index in [0.29, 0.717) is 25.3 Å². The molecule has 1 aliphatic heterocycles. The molecular formula is C19H23NO4. The average Bonchev–Trinajstić information content (AvgIpc) is 2.55. The third kappa shape index (κ3) is 3.67. The molecule has 0 N–H and O–H groups in total. The first-order chi connectivity index (χ1) is 11.6. The van der Waals surface area contributed by atoms with Gasteiger partial charge in [0.2, 0.25) is 5.91 Å². The molecule has 3 rings (SSSR count). The Hall–Kier alpha value is -2.14. The molecular weight excluding hydrogens is 306 g/mol. The number of rotatable bonds is 4. The van der Waals surface area contributed by atoms with Crippen LogP contribution in [0, 0.1) is 6.92 Å². The van der Waals surface area contributed by atoms with E-state index in [1.54, 1.807) is 0 Å². The summed E-state index contributed by atoms with van der Waals surface area (Å²) in [6.07, 6.45) is 2.23. The Bertz CT molecular complexity index is 788. The number of likely N-dealkylation sites (tertiary alicyclic amines) is 1. The van der Waals surface area contributed by atoms with E-state index in [0.717, 1.165) is 29.4 Å². The second kappa shape index (κ2) is 7.18. The lowest BCUT2D eigenvalue weighted by Gasteiger charge is -2.31. The van der Waals surface area contributed by atoms with Crippen LogP contribution in [-0.2, 0) is 16.0 Å². The van der Waals surface area contributed by atoms with Gasteiger partial charge in [-0.25, -0.2) is 4.79 Å². The molecule has 0 bridgehead atoms. The van der Waals surface area contributed by atoms with E-state index in [1.165, 1.54) is 6.07 Å². The van der Waals surface area contributed by atoms with E-state index in [-0.39, 0.29) is 18.4 Å². The maximum absolute atomic E-state index is 12.6. The van der Waals surface area contributed by atoms with Crippen LogP contribution in [0.5, 0.6) is 0 Å². The maximum atomic E-state index is 12.6. The van der Waals surface area contributed by atoms with Crippen molar-refractivity contribution in [2.45, 2.75) is 39.2 Å². The highest BCUT2D eigenvalue weighted by Gasteiger charge is 2.23. The van der Waals surface area contributed by atoms with E-state index in [4.69, 9.17) is 9.15 Å². The highest BCUT2D eigenvalue weighted by molar-refractivity contribution is 5.87. The minimum absolute atomic E-state index is 0.0532.